The molecule has 320 valence electrons. The quantitative estimate of drug-likeness (QED) is 0.0551. The van der Waals surface area contributed by atoms with Crippen LogP contribution in [0.25, 0.3) is 0 Å². The second kappa shape index (κ2) is 20.3. The van der Waals surface area contributed by atoms with Gasteiger partial charge >= 0.3 is 5.69 Å². The van der Waals surface area contributed by atoms with Crippen LogP contribution in [-0.2, 0) is 28.9 Å². The number of aromatic amines is 1. The van der Waals surface area contributed by atoms with Crippen molar-refractivity contribution >= 4 is 14.4 Å². The van der Waals surface area contributed by atoms with Crippen molar-refractivity contribution in [3.63, 3.8) is 0 Å². The second-order valence-corrected chi connectivity index (χ2v) is 17.7. The Morgan fingerprint density at radius 2 is 1.46 bits per heavy atom. The first-order valence-electron chi connectivity index (χ1n) is 20.2. The lowest BCUT2D eigenvalue weighted by molar-refractivity contribution is -0.122. The summed E-state index contributed by atoms with van der Waals surface area (Å²) in [6.07, 6.45) is 0.491. The van der Waals surface area contributed by atoms with Gasteiger partial charge in [-0.3, -0.25) is 19.1 Å². The molecule has 1 saturated heterocycles. The predicted molar refractivity (Wildman–Crippen MR) is 230 cm³/mol. The van der Waals surface area contributed by atoms with Gasteiger partial charge in [0.15, 0.2) is 0 Å². The number of aryl methyl sites for hydroxylation is 1. The number of carbonyl (C=O) groups excluding carboxylic acids is 1. The molecular weight excluding hydrogens is 771 g/mol. The van der Waals surface area contributed by atoms with E-state index >= 15 is 0 Å². The van der Waals surface area contributed by atoms with Crippen LogP contribution < -0.4 is 26.0 Å². The van der Waals surface area contributed by atoms with Gasteiger partial charge < -0.3 is 33.3 Å². The van der Waals surface area contributed by atoms with Crippen LogP contribution in [0.5, 0.6) is 11.5 Å². The molecule has 4 aromatic rings. The first-order valence-corrected chi connectivity index (χ1v) is 21.3. The SMILES string of the molecule is COc1ccc(C(OC[C@H]2O[C@@H](n3cc(C)c(=O)[nH]c3=O)C[C@@H]2OP(OCCCC(=O)NC(C)(C)C)N(C(C)C)C(C)C)(c2ccccc2)c2ccc(OC)cc2)cc1. The molecule has 0 saturated carbocycles. The number of hydrogen-bond donors (Lipinski definition) is 2. The number of methoxy groups -OCH3 is 2. The van der Waals surface area contributed by atoms with E-state index in [1.165, 1.54) is 10.8 Å². The third-order valence-electron chi connectivity index (χ3n) is 10.0. The Labute approximate surface area is 349 Å². The molecule has 4 atom stereocenters. The number of nitrogens with zero attached hydrogens (tertiary/aromatic N) is 2. The van der Waals surface area contributed by atoms with Crippen molar-refractivity contribution in [3.8, 4) is 11.5 Å². The molecule has 1 aromatic heterocycles. The van der Waals surface area contributed by atoms with Crippen molar-refractivity contribution in [1.29, 1.82) is 0 Å². The topological polar surface area (TPSA) is 143 Å². The summed E-state index contributed by atoms with van der Waals surface area (Å²) >= 11 is 0. The van der Waals surface area contributed by atoms with Crippen LogP contribution in [0.1, 0.15) is 96.2 Å². The van der Waals surface area contributed by atoms with Crippen molar-refractivity contribution in [2.75, 3.05) is 27.4 Å². The van der Waals surface area contributed by atoms with Gasteiger partial charge in [-0.2, -0.15) is 0 Å². The highest BCUT2D eigenvalue weighted by atomic mass is 31.2. The van der Waals surface area contributed by atoms with E-state index < -0.39 is 43.8 Å². The summed E-state index contributed by atoms with van der Waals surface area (Å²) in [5, 5.41) is 3.01. The summed E-state index contributed by atoms with van der Waals surface area (Å²) in [6, 6.07) is 25.7. The van der Waals surface area contributed by atoms with Crippen LogP contribution in [0.4, 0.5) is 0 Å². The zero-order valence-electron chi connectivity index (χ0n) is 36.0. The van der Waals surface area contributed by atoms with Crippen LogP contribution in [0, 0.1) is 6.92 Å². The Morgan fingerprint density at radius 1 is 0.898 bits per heavy atom. The first-order chi connectivity index (χ1) is 28.1. The third kappa shape index (κ3) is 11.5. The van der Waals surface area contributed by atoms with E-state index in [4.69, 9.17) is 28.0 Å². The Morgan fingerprint density at radius 3 is 1.98 bits per heavy atom. The van der Waals surface area contributed by atoms with Gasteiger partial charge in [0.05, 0.1) is 33.5 Å². The van der Waals surface area contributed by atoms with Gasteiger partial charge in [-0.1, -0.05) is 54.6 Å². The highest BCUT2D eigenvalue weighted by Crippen LogP contribution is 2.51. The molecule has 1 unspecified atom stereocenters. The molecule has 2 heterocycles. The Balaban J connectivity index is 1.55. The van der Waals surface area contributed by atoms with Crippen molar-refractivity contribution in [2.24, 2.45) is 0 Å². The lowest BCUT2D eigenvalue weighted by Crippen LogP contribution is -2.40. The van der Waals surface area contributed by atoms with E-state index in [0.29, 0.717) is 36.5 Å². The largest absolute Gasteiger partial charge is 0.497 e. The van der Waals surface area contributed by atoms with Crippen molar-refractivity contribution in [1.82, 2.24) is 19.5 Å². The maximum Gasteiger partial charge on any atom is 0.330 e. The predicted octanol–water partition coefficient (Wildman–Crippen LogP) is 7.60. The van der Waals surface area contributed by atoms with E-state index in [0.717, 1.165) is 16.7 Å². The minimum atomic E-state index is -1.69. The van der Waals surface area contributed by atoms with Gasteiger partial charge in [-0.15, -0.1) is 0 Å². The molecule has 0 radical (unpaired) electrons. The summed E-state index contributed by atoms with van der Waals surface area (Å²) in [6.45, 7) is 16.2. The molecule has 13 nitrogen and oxygen atoms in total. The van der Waals surface area contributed by atoms with Gasteiger partial charge in [-0.05, 0) is 103 Å². The van der Waals surface area contributed by atoms with Gasteiger partial charge in [0, 0.05) is 42.2 Å². The molecule has 1 fully saturated rings. The van der Waals surface area contributed by atoms with Gasteiger partial charge in [-0.25, -0.2) is 9.46 Å². The standard InChI is InChI=1S/C45H61N4O9P/c1-30(2)49(31(3)4)59(56-26-14-17-40(50)47-44(6,7)8)58-38-27-41(48-28-32(5)42(51)46-43(48)52)57-39(38)29-55-45(33-15-12-11-13-16-33,34-18-22-36(53-9)23-19-34)35-20-24-37(54-10)25-21-35/h11-13,15-16,18-25,28,30-31,38-39,41H,14,17,26-27,29H2,1-10H3,(H,47,50)(H,46,51,52)/t38-,39+,41+,59?/m0/s1. The minimum absolute atomic E-state index is 0.0325. The zero-order chi connectivity index (χ0) is 42.9. The molecule has 59 heavy (non-hydrogen) atoms. The van der Waals surface area contributed by atoms with E-state index in [9.17, 15) is 14.4 Å². The van der Waals surface area contributed by atoms with Gasteiger partial charge in [0.25, 0.3) is 14.1 Å². The maximum atomic E-state index is 13.3. The number of nitrogens with one attached hydrogen (secondary N) is 2. The van der Waals surface area contributed by atoms with Crippen LogP contribution in [-0.4, -0.2) is 77.4 Å². The minimum Gasteiger partial charge on any atom is -0.497 e. The molecule has 5 rings (SSSR count). The fourth-order valence-electron chi connectivity index (χ4n) is 7.31. The van der Waals surface area contributed by atoms with Gasteiger partial charge in [0.2, 0.25) is 5.91 Å². The third-order valence-corrected chi connectivity index (χ3v) is 12.2. The summed E-state index contributed by atoms with van der Waals surface area (Å²) in [5.74, 6) is 1.36. The molecule has 14 heteroatoms. The Bertz CT molecular complexity index is 2010. The molecule has 0 spiro atoms. The van der Waals surface area contributed by atoms with Crippen LogP contribution >= 0.6 is 8.53 Å². The number of carbonyl (C=O) groups is 1. The number of rotatable bonds is 19. The van der Waals surface area contributed by atoms with Crippen LogP contribution in [0.2, 0.25) is 0 Å². The highest BCUT2D eigenvalue weighted by Gasteiger charge is 2.45. The maximum absolute atomic E-state index is 13.3. The lowest BCUT2D eigenvalue weighted by atomic mass is 9.80. The number of aromatic nitrogens is 2. The molecule has 1 aliphatic heterocycles. The summed E-state index contributed by atoms with van der Waals surface area (Å²) in [4.78, 5) is 40.7. The summed E-state index contributed by atoms with van der Waals surface area (Å²) < 4.78 is 42.3. The van der Waals surface area contributed by atoms with Crippen molar-refractivity contribution in [3.05, 3.63) is 128 Å². The number of hydrogen-bond acceptors (Lipinski definition) is 10. The number of H-pyrrole nitrogens is 1. The zero-order valence-corrected chi connectivity index (χ0v) is 36.9. The molecular formula is C45H61N4O9P. The fourth-order valence-corrected chi connectivity index (χ4v) is 9.11. The Kier molecular flexibility index (Phi) is 15.7. The molecule has 0 bridgehead atoms. The smallest absolute Gasteiger partial charge is 0.330 e. The van der Waals surface area contributed by atoms with E-state index in [2.05, 4.69) is 42.7 Å². The van der Waals surface area contributed by atoms with Gasteiger partial charge in [0.1, 0.15) is 29.4 Å². The first kappa shape index (κ1) is 45.7. The molecule has 2 N–H and O–H groups in total. The number of benzene rings is 3. The van der Waals surface area contributed by atoms with Crippen molar-refractivity contribution < 1.29 is 32.8 Å². The van der Waals surface area contributed by atoms with Crippen LogP contribution in [0.3, 0.4) is 0 Å². The van der Waals surface area contributed by atoms with E-state index in [-0.39, 0.29) is 36.6 Å². The molecule has 1 amide bonds. The lowest BCUT2D eigenvalue weighted by Gasteiger charge is -2.39. The number of ether oxygens (including phenoxy) is 4. The monoisotopic (exact) mass is 832 g/mol. The highest BCUT2D eigenvalue weighted by molar-refractivity contribution is 7.44. The Hall–Kier alpha value is -4.36. The average molecular weight is 833 g/mol. The average Bonchev–Trinajstić information content (AvgIpc) is 3.59. The molecule has 3 aromatic carbocycles. The molecule has 0 aliphatic carbocycles. The second-order valence-electron chi connectivity index (χ2n) is 16.3. The number of amides is 1. The summed E-state index contributed by atoms with van der Waals surface area (Å²) in [5.41, 5.74) is 0.429. The molecule has 1 aliphatic rings. The van der Waals surface area contributed by atoms with E-state index in [1.807, 2.05) is 99.6 Å². The van der Waals surface area contributed by atoms with E-state index in [1.54, 1.807) is 21.1 Å². The normalized spacial score (nSPS) is 17.7. The van der Waals surface area contributed by atoms with Crippen LogP contribution in [0.15, 0.2) is 94.6 Å². The summed E-state index contributed by atoms with van der Waals surface area (Å²) in [7, 11) is 1.57. The fraction of sp³-hybridized carbons (Fsp3) is 0.489. The van der Waals surface area contributed by atoms with Crippen molar-refractivity contribution in [2.45, 2.75) is 116 Å².